The van der Waals surface area contributed by atoms with Gasteiger partial charge in [0.05, 0.1) is 11.7 Å². The highest BCUT2D eigenvalue weighted by atomic mass is 16.5. The minimum Gasteiger partial charge on any atom is -0.359 e. The van der Waals surface area contributed by atoms with Crippen molar-refractivity contribution in [2.75, 3.05) is 7.05 Å². The van der Waals surface area contributed by atoms with Gasteiger partial charge in [-0.15, -0.1) is 0 Å². The van der Waals surface area contributed by atoms with Gasteiger partial charge in [0, 0.05) is 12.1 Å². The fraction of sp³-hybridized carbons (Fsp3) is 0.727. The van der Waals surface area contributed by atoms with E-state index in [1.807, 2.05) is 6.92 Å². The Hall–Kier alpha value is -0.830. The second kappa shape index (κ2) is 3.39. The van der Waals surface area contributed by atoms with Crippen LogP contribution in [0.4, 0.5) is 0 Å². The molecular weight excluding hydrogens is 176 g/mol. The highest BCUT2D eigenvalue weighted by Gasteiger charge is 2.37. The van der Waals surface area contributed by atoms with E-state index < -0.39 is 0 Å². The normalized spacial score (nSPS) is 33.9. The number of hydrogen-bond donors (Lipinski definition) is 0. The molecule has 3 nitrogen and oxygen atoms in total. The zero-order valence-corrected chi connectivity index (χ0v) is 9.32. The Morgan fingerprint density at radius 2 is 2.21 bits per heavy atom. The predicted molar refractivity (Wildman–Crippen MR) is 55.0 cm³/mol. The van der Waals surface area contributed by atoms with Gasteiger partial charge in [0.2, 0.25) is 0 Å². The molecule has 0 amide bonds. The van der Waals surface area contributed by atoms with Crippen LogP contribution in [0.2, 0.25) is 0 Å². The molecule has 0 bridgehead atoms. The van der Waals surface area contributed by atoms with E-state index in [1.54, 1.807) is 0 Å². The molecule has 78 valence electrons. The van der Waals surface area contributed by atoms with Gasteiger partial charge in [-0.05, 0) is 33.2 Å². The van der Waals surface area contributed by atoms with Gasteiger partial charge in [0.15, 0.2) is 5.76 Å². The topological polar surface area (TPSA) is 29.3 Å². The molecule has 0 aliphatic carbocycles. The Balaban J connectivity index is 2.25. The summed E-state index contributed by atoms with van der Waals surface area (Å²) in [6.45, 7) is 6.51. The fourth-order valence-electron chi connectivity index (χ4n) is 2.51. The average molecular weight is 194 g/mol. The third kappa shape index (κ3) is 1.46. The molecule has 0 aromatic carbocycles. The summed E-state index contributed by atoms with van der Waals surface area (Å²) in [5.74, 6) is 1.67. The Bertz CT molecular complexity index is 321. The molecule has 2 heterocycles. The van der Waals surface area contributed by atoms with Crippen molar-refractivity contribution in [1.29, 1.82) is 0 Å². The molecular formula is C11H18N2O. The zero-order chi connectivity index (χ0) is 10.3. The van der Waals surface area contributed by atoms with E-state index in [0.29, 0.717) is 18.0 Å². The molecule has 1 aliphatic heterocycles. The van der Waals surface area contributed by atoms with Crippen LogP contribution in [-0.2, 0) is 0 Å². The third-order valence-electron chi connectivity index (χ3n) is 3.32. The molecule has 0 saturated carbocycles. The minimum atomic E-state index is 0.409. The average Bonchev–Trinajstić information content (AvgIpc) is 2.60. The van der Waals surface area contributed by atoms with Crippen molar-refractivity contribution >= 4 is 0 Å². The maximum Gasteiger partial charge on any atom is 0.154 e. The fourth-order valence-corrected chi connectivity index (χ4v) is 2.51. The Labute approximate surface area is 85.1 Å². The lowest BCUT2D eigenvalue weighted by atomic mass is 10.00. The lowest BCUT2D eigenvalue weighted by Gasteiger charge is -2.22. The van der Waals surface area contributed by atoms with Crippen molar-refractivity contribution in [2.45, 2.75) is 39.3 Å². The number of hydrogen-bond acceptors (Lipinski definition) is 3. The van der Waals surface area contributed by atoms with Crippen molar-refractivity contribution in [3.8, 4) is 0 Å². The van der Waals surface area contributed by atoms with Crippen LogP contribution >= 0.6 is 0 Å². The van der Waals surface area contributed by atoms with Crippen molar-refractivity contribution in [2.24, 2.45) is 5.92 Å². The molecule has 1 aromatic heterocycles. The first kappa shape index (κ1) is 9.71. The van der Waals surface area contributed by atoms with Crippen molar-refractivity contribution in [3.63, 3.8) is 0 Å². The zero-order valence-electron chi connectivity index (χ0n) is 9.32. The minimum absolute atomic E-state index is 0.409. The monoisotopic (exact) mass is 194 g/mol. The van der Waals surface area contributed by atoms with Gasteiger partial charge in [0.1, 0.15) is 0 Å². The van der Waals surface area contributed by atoms with Crippen molar-refractivity contribution in [3.05, 3.63) is 17.5 Å². The third-order valence-corrected chi connectivity index (χ3v) is 3.32. The first-order valence-electron chi connectivity index (χ1n) is 5.24. The second-order valence-corrected chi connectivity index (χ2v) is 4.54. The van der Waals surface area contributed by atoms with Crippen LogP contribution in [0.3, 0.4) is 0 Å². The summed E-state index contributed by atoms with van der Waals surface area (Å²) >= 11 is 0. The quantitative estimate of drug-likeness (QED) is 0.687. The second-order valence-electron chi connectivity index (χ2n) is 4.54. The molecule has 2 rings (SSSR count). The maximum atomic E-state index is 5.35. The van der Waals surface area contributed by atoms with Crippen LogP contribution in [0.15, 0.2) is 10.6 Å². The SMILES string of the molecule is Cc1cc(C2C(C)CC(C)N2C)on1. The van der Waals surface area contributed by atoms with E-state index in [1.165, 1.54) is 6.42 Å². The van der Waals surface area contributed by atoms with Crippen LogP contribution in [0.1, 0.15) is 37.8 Å². The molecule has 1 aromatic rings. The van der Waals surface area contributed by atoms with Gasteiger partial charge in [-0.2, -0.15) is 0 Å². The summed E-state index contributed by atoms with van der Waals surface area (Å²) in [5, 5.41) is 3.95. The standard InChI is InChI=1S/C11H18N2O/c1-7-5-9(3)13(4)11(7)10-6-8(2)12-14-10/h6-7,9,11H,5H2,1-4H3. The molecule has 0 radical (unpaired) electrons. The van der Waals surface area contributed by atoms with E-state index in [4.69, 9.17) is 4.52 Å². The van der Waals surface area contributed by atoms with Crippen LogP contribution in [0.5, 0.6) is 0 Å². The van der Waals surface area contributed by atoms with Gasteiger partial charge >= 0.3 is 0 Å². The van der Waals surface area contributed by atoms with E-state index in [-0.39, 0.29) is 0 Å². The molecule has 3 atom stereocenters. The van der Waals surface area contributed by atoms with E-state index >= 15 is 0 Å². The molecule has 3 heteroatoms. The highest BCUT2D eigenvalue weighted by molar-refractivity contribution is 5.11. The van der Waals surface area contributed by atoms with Crippen LogP contribution in [0, 0.1) is 12.8 Å². The summed E-state index contributed by atoms with van der Waals surface area (Å²) < 4.78 is 5.35. The van der Waals surface area contributed by atoms with E-state index in [2.05, 4.69) is 37.0 Å². The van der Waals surface area contributed by atoms with Crippen molar-refractivity contribution < 1.29 is 4.52 Å². The first-order valence-corrected chi connectivity index (χ1v) is 5.24. The number of nitrogens with zero attached hydrogens (tertiary/aromatic N) is 2. The summed E-state index contributed by atoms with van der Waals surface area (Å²) in [6, 6.07) is 3.10. The number of likely N-dealkylation sites (tertiary alicyclic amines) is 1. The number of rotatable bonds is 1. The van der Waals surface area contributed by atoms with E-state index in [9.17, 15) is 0 Å². The first-order chi connectivity index (χ1) is 6.59. The highest BCUT2D eigenvalue weighted by Crippen LogP contribution is 2.39. The largest absolute Gasteiger partial charge is 0.359 e. The van der Waals surface area contributed by atoms with Crippen LogP contribution < -0.4 is 0 Å². The molecule has 0 N–H and O–H groups in total. The predicted octanol–water partition coefficient (Wildman–Crippen LogP) is 2.38. The number of aryl methyl sites for hydroxylation is 1. The van der Waals surface area contributed by atoms with Gasteiger partial charge in [-0.1, -0.05) is 12.1 Å². The Kier molecular flexibility index (Phi) is 2.35. The molecule has 14 heavy (non-hydrogen) atoms. The molecule has 1 saturated heterocycles. The van der Waals surface area contributed by atoms with Gasteiger partial charge in [-0.3, -0.25) is 4.90 Å². The van der Waals surface area contributed by atoms with Gasteiger partial charge in [-0.25, -0.2) is 0 Å². The van der Waals surface area contributed by atoms with Crippen molar-refractivity contribution in [1.82, 2.24) is 10.1 Å². The Morgan fingerprint density at radius 1 is 1.50 bits per heavy atom. The van der Waals surface area contributed by atoms with Crippen LogP contribution in [-0.4, -0.2) is 23.1 Å². The molecule has 1 aliphatic rings. The summed E-state index contributed by atoms with van der Waals surface area (Å²) in [5.41, 5.74) is 0.972. The Morgan fingerprint density at radius 3 is 2.64 bits per heavy atom. The van der Waals surface area contributed by atoms with Crippen LogP contribution in [0.25, 0.3) is 0 Å². The lowest BCUT2D eigenvalue weighted by molar-refractivity contribution is 0.197. The summed E-state index contributed by atoms with van der Waals surface area (Å²) in [7, 11) is 2.16. The maximum absolute atomic E-state index is 5.35. The molecule has 1 fully saturated rings. The van der Waals surface area contributed by atoms with E-state index in [0.717, 1.165) is 11.5 Å². The summed E-state index contributed by atoms with van der Waals surface area (Å²) in [6.07, 6.45) is 1.24. The molecule has 3 unspecified atom stereocenters. The van der Waals surface area contributed by atoms with Gasteiger partial charge < -0.3 is 4.52 Å². The molecule has 0 spiro atoms. The summed E-state index contributed by atoms with van der Waals surface area (Å²) in [4.78, 5) is 2.38. The smallest absolute Gasteiger partial charge is 0.154 e. The number of aromatic nitrogens is 1. The lowest BCUT2D eigenvalue weighted by Crippen LogP contribution is -2.25. The van der Waals surface area contributed by atoms with Gasteiger partial charge in [0.25, 0.3) is 0 Å².